The minimum atomic E-state index is -1.63. The molecule has 0 bridgehead atoms. The maximum absolute atomic E-state index is 12.9. The van der Waals surface area contributed by atoms with Crippen molar-refractivity contribution >= 4 is 17.9 Å². The lowest BCUT2D eigenvalue weighted by atomic mass is 10.1. The molecule has 0 saturated carbocycles. The van der Waals surface area contributed by atoms with Gasteiger partial charge in [0.1, 0.15) is 13.2 Å². The summed E-state index contributed by atoms with van der Waals surface area (Å²) in [5.74, 6) is -2.33. The van der Waals surface area contributed by atoms with Crippen LogP contribution < -0.4 is 5.11 Å². The zero-order chi connectivity index (χ0) is 52.0. The lowest BCUT2D eigenvalue weighted by Crippen LogP contribution is -2.44. The fraction of sp³-hybridized carbons (Fsp3) is 0.661. The summed E-state index contributed by atoms with van der Waals surface area (Å²) in [4.78, 5) is 37.3. The van der Waals surface area contributed by atoms with Crippen molar-refractivity contribution in [2.45, 2.75) is 219 Å². The fourth-order valence-corrected chi connectivity index (χ4v) is 7.19. The van der Waals surface area contributed by atoms with Crippen LogP contribution in [0.25, 0.3) is 0 Å². The number of carboxylic acids is 1. The summed E-state index contributed by atoms with van der Waals surface area (Å²) in [6, 6.07) is 0. The fourth-order valence-electron chi connectivity index (χ4n) is 7.19. The molecule has 0 aromatic carbocycles. The van der Waals surface area contributed by atoms with Crippen LogP contribution in [0.5, 0.6) is 0 Å². The molecule has 9 nitrogen and oxygen atoms in total. The largest absolute Gasteiger partial charge is 0.545 e. The van der Waals surface area contributed by atoms with Crippen molar-refractivity contribution in [3.63, 3.8) is 0 Å². The number of quaternary nitrogens is 1. The summed E-state index contributed by atoms with van der Waals surface area (Å²) in [5, 5.41) is 11.8. The third-order valence-corrected chi connectivity index (χ3v) is 11.5. The van der Waals surface area contributed by atoms with Crippen molar-refractivity contribution in [1.29, 1.82) is 0 Å². The molecular formula is C62H103NO8. The Kier molecular flexibility index (Phi) is 49.3. The normalized spacial score (nSPS) is 13.6. The molecule has 0 aromatic heterocycles. The number of allylic oxidation sites excluding steroid dienone is 18. The summed E-state index contributed by atoms with van der Waals surface area (Å²) in [5.41, 5.74) is 0. The second kappa shape index (κ2) is 52.3. The first-order chi connectivity index (χ1) is 34.6. The number of ether oxygens (including phenoxy) is 4. The Balaban J connectivity index is 4.36. The number of hydrogen-bond acceptors (Lipinski definition) is 8. The lowest BCUT2D eigenvalue weighted by Gasteiger charge is -2.26. The van der Waals surface area contributed by atoms with Gasteiger partial charge >= 0.3 is 11.9 Å². The van der Waals surface area contributed by atoms with Crippen LogP contribution in [0.15, 0.2) is 109 Å². The lowest BCUT2D eigenvalue weighted by molar-refractivity contribution is -0.870. The van der Waals surface area contributed by atoms with Crippen molar-refractivity contribution in [1.82, 2.24) is 0 Å². The summed E-state index contributed by atoms with van der Waals surface area (Å²) in [6.45, 7) is 4.57. The number of carbonyl (C=O) groups excluding carboxylic acids is 3. The zero-order valence-electron chi connectivity index (χ0n) is 45.8. The predicted octanol–water partition coefficient (Wildman–Crippen LogP) is 15.0. The van der Waals surface area contributed by atoms with Crippen molar-refractivity contribution < 1.29 is 42.9 Å². The molecule has 0 spiro atoms. The second-order valence-corrected chi connectivity index (χ2v) is 19.5. The van der Waals surface area contributed by atoms with E-state index in [2.05, 4.69) is 123 Å². The number of likely N-dealkylation sites (N-methyl/N-ethyl adjacent to an activating group) is 1. The molecule has 0 fully saturated rings. The number of rotatable bonds is 50. The Bertz CT molecular complexity index is 1530. The summed E-state index contributed by atoms with van der Waals surface area (Å²) >= 11 is 0. The first-order valence-electron chi connectivity index (χ1n) is 28.0. The number of carbonyl (C=O) groups is 3. The third kappa shape index (κ3) is 53.6. The van der Waals surface area contributed by atoms with Crippen LogP contribution in [-0.2, 0) is 33.3 Å². The molecule has 9 heteroatoms. The molecule has 0 aromatic rings. The SMILES string of the molecule is CC/C=C\C/C=C\C/C=C\C/C=C\C/C=C\C/C=C\C/C=C\CCCCCCCC(=O)OC(COC(=O)CCCCCCCCCCC/C=C\C/C=C\CCCCC)COC(OCC[N+](C)(C)C)C(=O)[O-]. The maximum atomic E-state index is 12.9. The Hall–Kier alpha value is -4.05. The van der Waals surface area contributed by atoms with Gasteiger partial charge in [-0.15, -0.1) is 0 Å². The average molecular weight is 991 g/mol. The van der Waals surface area contributed by atoms with Gasteiger partial charge in [-0.05, 0) is 103 Å². The van der Waals surface area contributed by atoms with Gasteiger partial charge in [0.25, 0.3) is 0 Å². The van der Waals surface area contributed by atoms with E-state index < -0.39 is 24.3 Å². The molecular weight excluding hydrogens is 887 g/mol. The minimum Gasteiger partial charge on any atom is -0.545 e. The Labute approximate surface area is 434 Å². The van der Waals surface area contributed by atoms with E-state index in [0.29, 0.717) is 17.4 Å². The van der Waals surface area contributed by atoms with Gasteiger partial charge in [-0.3, -0.25) is 9.59 Å². The quantitative estimate of drug-likeness (QED) is 0.0195. The highest BCUT2D eigenvalue weighted by Crippen LogP contribution is 2.14. The molecule has 0 amide bonds. The van der Waals surface area contributed by atoms with E-state index in [1.165, 1.54) is 57.8 Å². The predicted molar refractivity (Wildman–Crippen MR) is 297 cm³/mol. The van der Waals surface area contributed by atoms with Crippen molar-refractivity contribution in [3.8, 4) is 0 Å². The molecule has 0 heterocycles. The molecule has 0 aliphatic rings. The molecule has 71 heavy (non-hydrogen) atoms. The summed E-state index contributed by atoms with van der Waals surface area (Å²) in [7, 11) is 5.90. The van der Waals surface area contributed by atoms with Gasteiger partial charge < -0.3 is 33.3 Å². The van der Waals surface area contributed by atoms with Crippen molar-refractivity contribution in [2.75, 3.05) is 47.5 Å². The van der Waals surface area contributed by atoms with E-state index >= 15 is 0 Å². The number of esters is 2. The Morgan fingerprint density at radius 3 is 1.20 bits per heavy atom. The molecule has 404 valence electrons. The van der Waals surface area contributed by atoms with Gasteiger partial charge in [-0.1, -0.05) is 200 Å². The van der Waals surface area contributed by atoms with Crippen LogP contribution in [0.4, 0.5) is 0 Å². The molecule has 0 rings (SSSR count). The Morgan fingerprint density at radius 1 is 0.437 bits per heavy atom. The summed E-state index contributed by atoms with van der Waals surface area (Å²) in [6.07, 6.45) is 68.4. The van der Waals surface area contributed by atoms with E-state index in [0.717, 1.165) is 116 Å². The van der Waals surface area contributed by atoms with Crippen molar-refractivity contribution in [2.24, 2.45) is 0 Å². The molecule has 0 N–H and O–H groups in total. The minimum absolute atomic E-state index is 0.137. The van der Waals surface area contributed by atoms with E-state index in [1.807, 2.05) is 21.1 Å². The van der Waals surface area contributed by atoms with Gasteiger partial charge in [-0.2, -0.15) is 0 Å². The van der Waals surface area contributed by atoms with Gasteiger partial charge in [0.05, 0.1) is 40.3 Å². The molecule has 0 radical (unpaired) electrons. The Morgan fingerprint density at radius 2 is 0.803 bits per heavy atom. The summed E-state index contributed by atoms with van der Waals surface area (Å²) < 4.78 is 22.6. The van der Waals surface area contributed by atoms with Gasteiger partial charge in [-0.25, -0.2) is 0 Å². The first-order valence-corrected chi connectivity index (χ1v) is 28.0. The number of nitrogens with zero attached hydrogens (tertiary/aromatic N) is 1. The van der Waals surface area contributed by atoms with Crippen LogP contribution in [0, 0.1) is 0 Å². The van der Waals surface area contributed by atoms with Gasteiger partial charge in [0.15, 0.2) is 12.4 Å². The zero-order valence-corrected chi connectivity index (χ0v) is 45.8. The highest BCUT2D eigenvalue weighted by atomic mass is 16.7. The average Bonchev–Trinajstić information content (AvgIpc) is 3.34. The molecule has 2 unspecified atom stereocenters. The number of carboxylic acid groups (broad SMARTS) is 1. The number of hydrogen-bond donors (Lipinski definition) is 0. The van der Waals surface area contributed by atoms with Crippen molar-refractivity contribution in [3.05, 3.63) is 109 Å². The molecule has 2 atom stereocenters. The van der Waals surface area contributed by atoms with Gasteiger partial charge in [0.2, 0.25) is 0 Å². The van der Waals surface area contributed by atoms with E-state index in [4.69, 9.17) is 18.9 Å². The third-order valence-electron chi connectivity index (χ3n) is 11.5. The second-order valence-electron chi connectivity index (χ2n) is 19.5. The highest BCUT2D eigenvalue weighted by molar-refractivity contribution is 5.70. The number of aliphatic carboxylic acids is 1. The van der Waals surface area contributed by atoms with Crippen LogP contribution >= 0.6 is 0 Å². The van der Waals surface area contributed by atoms with Gasteiger partial charge in [0, 0.05) is 12.8 Å². The highest BCUT2D eigenvalue weighted by Gasteiger charge is 2.22. The van der Waals surface area contributed by atoms with Crippen LogP contribution in [-0.4, -0.2) is 82.3 Å². The van der Waals surface area contributed by atoms with Crippen LogP contribution in [0.1, 0.15) is 206 Å². The number of unbranched alkanes of at least 4 members (excludes halogenated alkanes) is 17. The smallest absolute Gasteiger partial charge is 0.306 e. The molecule has 0 saturated heterocycles. The van der Waals surface area contributed by atoms with Crippen LogP contribution in [0.3, 0.4) is 0 Å². The monoisotopic (exact) mass is 990 g/mol. The topological polar surface area (TPSA) is 111 Å². The molecule has 0 aliphatic carbocycles. The van der Waals surface area contributed by atoms with Crippen LogP contribution in [0.2, 0.25) is 0 Å². The molecule has 0 aliphatic heterocycles. The van der Waals surface area contributed by atoms with E-state index in [9.17, 15) is 19.5 Å². The first kappa shape index (κ1) is 67.0. The standard InChI is InChI=1S/C62H103NO8/c1-6-8-10-12-14-16-18-20-22-24-26-27-28-29-30-31-32-33-35-37-39-41-43-45-47-49-51-53-60(65)71-58(57-70-62(61(66)67)68-55-54-63(3,4)5)56-69-59(64)52-50-48-46-44-42-40-38-36-34-25-23-21-19-17-15-13-11-9-7-2/h8,10,14-17,20-23,26-27,29-30,32-33,37,39,58,62H,6-7,9,11-13,18-19,24-25,28,31,34-36,38,40-57H2,1-5H3/b10-8-,16-14-,17-15-,22-20-,23-21-,27-26-,30-29-,33-32-,39-37-. The maximum Gasteiger partial charge on any atom is 0.306 e. The van der Waals surface area contributed by atoms with E-state index in [1.54, 1.807) is 0 Å². The van der Waals surface area contributed by atoms with E-state index in [-0.39, 0.29) is 38.6 Å².